The summed E-state index contributed by atoms with van der Waals surface area (Å²) >= 11 is 0. The summed E-state index contributed by atoms with van der Waals surface area (Å²) in [6.07, 6.45) is 0.447. The van der Waals surface area contributed by atoms with Crippen molar-refractivity contribution in [1.82, 2.24) is 0 Å². The molecule has 1 aliphatic carbocycles. The molecule has 0 aliphatic heterocycles. The fraction of sp³-hybridized carbons (Fsp3) is 0.211. The van der Waals surface area contributed by atoms with Gasteiger partial charge in [0.05, 0.1) is 5.69 Å². The van der Waals surface area contributed by atoms with E-state index in [1.807, 2.05) is 0 Å². The van der Waals surface area contributed by atoms with Gasteiger partial charge < -0.3 is 16.0 Å². The molecule has 0 aromatic heterocycles. The van der Waals surface area contributed by atoms with Crippen LogP contribution < -0.4 is 16.0 Å². The second kappa shape index (κ2) is 7.34. The Morgan fingerprint density at radius 3 is 2.07 bits per heavy atom. The summed E-state index contributed by atoms with van der Waals surface area (Å²) in [6, 6.07) is 7.89. The van der Waals surface area contributed by atoms with Crippen molar-refractivity contribution in [3.8, 4) is 0 Å². The highest BCUT2D eigenvalue weighted by molar-refractivity contribution is 6.17. The number of hydrogen-bond acceptors (Lipinski definition) is 3. The van der Waals surface area contributed by atoms with Gasteiger partial charge in [0.15, 0.2) is 17.5 Å². The number of nitrogens with one attached hydrogen (secondary N) is 3. The van der Waals surface area contributed by atoms with Gasteiger partial charge in [0.1, 0.15) is 5.41 Å². The van der Waals surface area contributed by atoms with Crippen LogP contribution in [0.2, 0.25) is 0 Å². The van der Waals surface area contributed by atoms with Gasteiger partial charge in [-0.15, -0.1) is 0 Å². The van der Waals surface area contributed by atoms with Crippen LogP contribution in [-0.4, -0.2) is 17.7 Å². The van der Waals surface area contributed by atoms with Crippen molar-refractivity contribution in [1.29, 1.82) is 0 Å². The summed E-state index contributed by atoms with van der Waals surface area (Å²) in [5.74, 6) is -6.33. The first kappa shape index (κ1) is 19.4. The molecule has 0 radical (unpaired) electrons. The van der Waals surface area contributed by atoms with Crippen LogP contribution in [0.5, 0.6) is 0 Å². The lowest BCUT2D eigenvalue weighted by molar-refractivity contribution is -0.131. The number of rotatable bonds is 5. The molecule has 6 nitrogen and oxygen atoms in total. The monoisotopic (exact) mass is 391 g/mol. The number of amides is 3. The topological polar surface area (TPSA) is 87.3 Å². The Bertz CT molecular complexity index is 974. The van der Waals surface area contributed by atoms with E-state index in [0.29, 0.717) is 17.4 Å². The molecule has 0 heterocycles. The Kier molecular flexibility index (Phi) is 5.08. The van der Waals surface area contributed by atoms with Gasteiger partial charge >= 0.3 is 0 Å². The molecule has 3 amide bonds. The normalized spacial score (nSPS) is 14.1. The number of benzene rings is 2. The van der Waals surface area contributed by atoms with Gasteiger partial charge in [0, 0.05) is 18.3 Å². The molecule has 2 aromatic rings. The van der Waals surface area contributed by atoms with Crippen LogP contribution >= 0.6 is 0 Å². The van der Waals surface area contributed by atoms with Crippen molar-refractivity contribution < 1.29 is 27.6 Å². The van der Waals surface area contributed by atoms with Gasteiger partial charge in [-0.2, -0.15) is 0 Å². The fourth-order valence-electron chi connectivity index (χ4n) is 2.68. The predicted octanol–water partition coefficient (Wildman–Crippen LogP) is 3.42. The van der Waals surface area contributed by atoms with Gasteiger partial charge in [0.2, 0.25) is 17.7 Å². The van der Waals surface area contributed by atoms with Crippen LogP contribution in [-0.2, 0) is 14.4 Å². The standard InChI is InChI=1S/C19H16F3N3O3/c1-10(26)23-11-3-2-4-12(9-11)24-17(27)19(7-8-19)18(28)25-14-6-5-13(20)15(21)16(14)22/h2-6,9H,7-8H2,1H3,(H,23,26)(H,24,27)(H,25,28). The van der Waals surface area contributed by atoms with Crippen LogP contribution in [0.3, 0.4) is 0 Å². The largest absolute Gasteiger partial charge is 0.326 e. The lowest BCUT2D eigenvalue weighted by Gasteiger charge is -2.16. The molecule has 0 bridgehead atoms. The SMILES string of the molecule is CC(=O)Nc1cccc(NC(=O)C2(C(=O)Nc3ccc(F)c(F)c3F)CC2)c1. The van der Waals surface area contributed by atoms with Crippen LogP contribution in [0, 0.1) is 22.9 Å². The van der Waals surface area contributed by atoms with E-state index in [9.17, 15) is 27.6 Å². The molecule has 3 rings (SSSR count). The number of anilines is 3. The van der Waals surface area contributed by atoms with E-state index in [1.165, 1.54) is 13.0 Å². The van der Waals surface area contributed by atoms with Gasteiger partial charge in [0.25, 0.3) is 0 Å². The zero-order valence-corrected chi connectivity index (χ0v) is 14.7. The summed E-state index contributed by atoms with van der Waals surface area (Å²) in [5.41, 5.74) is -1.16. The Morgan fingerprint density at radius 1 is 0.857 bits per heavy atom. The van der Waals surface area contributed by atoms with Gasteiger partial charge in [-0.05, 0) is 43.2 Å². The quantitative estimate of drug-likeness (QED) is 0.539. The van der Waals surface area contributed by atoms with E-state index in [2.05, 4.69) is 16.0 Å². The van der Waals surface area contributed by atoms with Crippen molar-refractivity contribution in [2.75, 3.05) is 16.0 Å². The van der Waals surface area contributed by atoms with E-state index in [1.54, 1.807) is 18.2 Å². The summed E-state index contributed by atoms with van der Waals surface area (Å²) in [5, 5.41) is 7.29. The average molecular weight is 391 g/mol. The summed E-state index contributed by atoms with van der Waals surface area (Å²) in [6.45, 7) is 1.34. The molecule has 0 unspecified atom stereocenters. The van der Waals surface area contributed by atoms with Crippen molar-refractivity contribution in [3.05, 3.63) is 53.8 Å². The van der Waals surface area contributed by atoms with Crippen LogP contribution in [0.15, 0.2) is 36.4 Å². The molecule has 1 fully saturated rings. The predicted molar refractivity (Wildman–Crippen MR) is 96.0 cm³/mol. The molecule has 0 spiro atoms. The first-order valence-electron chi connectivity index (χ1n) is 8.37. The Balaban J connectivity index is 1.73. The average Bonchev–Trinajstić information content (AvgIpc) is 3.44. The molecule has 9 heteroatoms. The second-order valence-electron chi connectivity index (χ2n) is 6.48. The van der Waals surface area contributed by atoms with E-state index in [-0.39, 0.29) is 18.7 Å². The highest BCUT2D eigenvalue weighted by atomic mass is 19.2. The van der Waals surface area contributed by atoms with Crippen molar-refractivity contribution in [3.63, 3.8) is 0 Å². The molecule has 0 saturated heterocycles. The van der Waals surface area contributed by atoms with E-state index < -0.39 is 40.4 Å². The van der Waals surface area contributed by atoms with Crippen molar-refractivity contribution >= 4 is 34.8 Å². The molecular weight excluding hydrogens is 375 g/mol. The Labute approximate surface area is 158 Å². The minimum Gasteiger partial charge on any atom is -0.326 e. The fourth-order valence-corrected chi connectivity index (χ4v) is 2.68. The highest BCUT2D eigenvalue weighted by Gasteiger charge is 2.56. The third-order valence-electron chi connectivity index (χ3n) is 4.34. The molecule has 1 aliphatic rings. The van der Waals surface area contributed by atoms with Crippen LogP contribution in [0.25, 0.3) is 0 Å². The molecule has 146 valence electrons. The lowest BCUT2D eigenvalue weighted by Crippen LogP contribution is -2.36. The maximum atomic E-state index is 13.8. The second-order valence-corrected chi connectivity index (χ2v) is 6.48. The zero-order valence-electron chi connectivity index (χ0n) is 14.7. The summed E-state index contributed by atoms with van der Waals surface area (Å²) in [4.78, 5) is 36.2. The highest BCUT2D eigenvalue weighted by Crippen LogP contribution is 2.47. The molecule has 28 heavy (non-hydrogen) atoms. The Morgan fingerprint density at radius 2 is 1.46 bits per heavy atom. The van der Waals surface area contributed by atoms with Crippen molar-refractivity contribution in [2.24, 2.45) is 5.41 Å². The maximum Gasteiger partial charge on any atom is 0.240 e. The minimum absolute atomic E-state index is 0.224. The third-order valence-corrected chi connectivity index (χ3v) is 4.34. The van der Waals surface area contributed by atoms with Crippen LogP contribution in [0.4, 0.5) is 30.2 Å². The molecule has 1 saturated carbocycles. The van der Waals surface area contributed by atoms with E-state index in [0.717, 1.165) is 6.07 Å². The molecule has 2 aromatic carbocycles. The van der Waals surface area contributed by atoms with E-state index >= 15 is 0 Å². The molecular formula is C19H16F3N3O3. The van der Waals surface area contributed by atoms with Gasteiger partial charge in [-0.3, -0.25) is 14.4 Å². The smallest absolute Gasteiger partial charge is 0.240 e. The molecule has 3 N–H and O–H groups in total. The first-order chi connectivity index (χ1) is 13.2. The first-order valence-corrected chi connectivity index (χ1v) is 8.37. The third kappa shape index (κ3) is 3.83. The van der Waals surface area contributed by atoms with Crippen LogP contribution in [0.1, 0.15) is 19.8 Å². The lowest BCUT2D eigenvalue weighted by atomic mass is 10.0. The number of carbonyl (C=O) groups excluding carboxylic acids is 3. The molecule has 0 atom stereocenters. The minimum atomic E-state index is -1.71. The summed E-state index contributed by atoms with van der Waals surface area (Å²) in [7, 11) is 0. The van der Waals surface area contributed by atoms with Crippen molar-refractivity contribution in [2.45, 2.75) is 19.8 Å². The summed E-state index contributed by atoms with van der Waals surface area (Å²) < 4.78 is 40.1. The van der Waals surface area contributed by atoms with Gasteiger partial charge in [-0.25, -0.2) is 13.2 Å². The maximum absolute atomic E-state index is 13.8. The number of carbonyl (C=O) groups is 3. The zero-order chi connectivity index (χ0) is 20.5. The van der Waals surface area contributed by atoms with Gasteiger partial charge in [-0.1, -0.05) is 6.07 Å². The number of hydrogen-bond donors (Lipinski definition) is 3. The van der Waals surface area contributed by atoms with E-state index in [4.69, 9.17) is 0 Å². The Hall–Kier alpha value is -3.36. The number of halogens is 3.